The first-order chi connectivity index (χ1) is 13.8. The van der Waals surface area contributed by atoms with Crippen molar-refractivity contribution in [1.82, 2.24) is 19.5 Å². The average Bonchev–Trinajstić information content (AvgIpc) is 3.30. The van der Waals surface area contributed by atoms with E-state index in [0.29, 0.717) is 34.9 Å². The van der Waals surface area contributed by atoms with Gasteiger partial charge in [-0.1, -0.05) is 0 Å². The van der Waals surface area contributed by atoms with Crippen LogP contribution in [0, 0.1) is 0 Å². The zero-order valence-electron chi connectivity index (χ0n) is 16.1. The maximum atomic E-state index is 10.9. The van der Waals surface area contributed by atoms with E-state index in [4.69, 9.17) is 30.8 Å². The number of hydrogen-bond acceptors (Lipinski definition) is 10. The molecule has 4 heterocycles. The molecule has 0 radical (unpaired) electrons. The molecule has 12 heteroatoms. The molecule has 2 aromatic heterocycles. The third-order valence-corrected chi connectivity index (χ3v) is 6.05. The summed E-state index contributed by atoms with van der Waals surface area (Å²) >= 11 is 1.58. The van der Waals surface area contributed by atoms with Gasteiger partial charge in [0.05, 0.1) is 12.4 Å². The van der Waals surface area contributed by atoms with Gasteiger partial charge in [0.1, 0.15) is 30.1 Å². The van der Waals surface area contributed by atoms with Gasteiger partial charge in [0.15, 0.2) is 23.5 Å². The lowest BCUT2D eigenvalue weighted by Crippen LogP contribution is -2.32. The number of aliphatic carboxylic acids is 1. The van der Waals surface area contributed by atoms with Gasteiger partial charge in [0.2, 0.25) is 0 Å². The van der Waals surface area contributed by atoms with Crippen LogP contribution in [0.4, 0.5) is 5.82 Å². The number of ether oxygens (including phenoxy) is 3. The van der Waals surface area contributed by atoms with Crippen molar-refractivity contribution in [2.45, 2.75) is 56.6 Å². The number of carboxylic acids is 1. The SMILES string of the molecule is CC1(C)O[C@@H]2[C@H](O1)[C@@H](CSCC[C@@H](N)C(=O)O)O[C@H]2n1cnc2c(N)ncnc21. The Morgan fingerprint density at radius 2 is 2.10 bits per heavy atom. The monoisotopic (exact) mass is 424 g/mol. The van der Waals surface area contributed by atoms with Gasteiger partial charge in [0.25, 0.3) is 0 Å². The zero-order chi connectivity index (χ0) is 20.8. The summed E-state index contributed by atoms with van der Waals surface area (Å²) in [4.78, 5) is 23.4. The molecule has 2 aliphatic rings. The van der Waals surface area contributed by atoms with Crippen LogP contribution in [-0.4, -0.2) is 72.2 Å². The topological polar surface area (TPSA) is 161 Å². The van der Waals surface area contributed by atoms with Crippen LogP contribution < -0.4 is 11.5 Å². The Hall–Kier alpha value is -1.99. The van der Waals surface area contributed by atoms with Crippen molar-refractivity contribution in [3.63, 3.8) is 0 Å². The zero-order valence-corrected chi connectivity index (χ0v) is 16.9. The van der Waals surface area contributed by atoms with Gasteiger partial charge in [-0.05, 0) is 26.0 Å². The van der Waals surface area contributed by atoms with Crippen molar-refractivity contribution in [2.24, 2.45) is 5.73 Å². The summed E-state index contributed by atoms with van der Waals surface area (Å²) in [6.45, 7) is 3.73. The first kappa shape index (κ1) is 20.3. The van der Waals surface area contributed by atoms with Gasteiger partial charge in [-0.3, -0.25) is 9.36 Å². The lowest BCUT2D eigenvalue weighted by Gasteiger charge is -2.24. The van der Waals surface area contributed by atoms with Crippen molar-refractivity contribution in [2.75, 3.05) is 17.2 Å². The molecule has 2 fully saturated rings. The first-order valence-corrected chi connectivity index (χ1v) is 10.4. The number of carbonyl (C=O) groups is 1. The van der Waals surface area contributed by atoms with Crippen molar-refractivity contribution in [3.8, 4) is 0 Å². The number of nitrogen functional groups attached to an aromatic ring is 1. The quantitative estimate of drug-likeness (QED) is 0.526. The number of thioether (sulfide) groups is 1. The highest BCUT2D eigenvalue weighted by Crippen LogP contribution is 2.44. The van der Waals surface area contributed by atoms with Gasteiger partial charge in [-0.25, -0.2) is 15.0 Å². The Bertz CT molecular complexity index is 908. The van der Waals surface area contributed by atoms with Crippen LogP contribution in [0.15, 0.2) is 12.7 Å². The Morgan fingerprint density at radius 3 is 2.86 bits per heavy atom. The number of imidazole rings is 1. The summed E-state index contributed by atoms with van der Waals surface area (Å²) < 4.78 is 20.3. The minimum absolute atomic E-state index is 0.241. The number of nitrogens with two attached hydrogens (primary N) is 2. The Kier molecular flexibility index (Phi) is 5.38. The van der Waals surface area contributed by atoms with Crippen LogP contribution in [-0.2, 0) is 19.0 Å². The molecule has 0 saturated carbocycles. The minimum atomic E-state index is -0.995. The maximum absolute atomic E-state index is 10.9. The molecule has 0 spiro atoms. The fourth-order valence-corrected chi connectivity index (χ4v) is 4.69. The molecule has 0 unspecified atom stereocenters. The fourth-order valence-electron chi connectivity index (χ4n) is 3.61. The number of carboxylic acid groups (broad SMARTS) is 1. The molecule has 29 heavy (non-hydrogen) atoms. The van der Waals surface area contributed by atoms with Crippen LogP contribution in [0.3, 0.4) is 0 Å². The molecule has 5 N–H and O–H groups in total. The molecule has 4 rings (SSSR count). The van der Waals surface area contributed by atoms with E-state index >= 15 is 0 Å². The van der Waals surface area contributed by atoms with Gasteiger partial charge in [-0.15, -0.1) is 0 Å². The second-order valence-electron chi connectivity index (χ2n) is 7.52. The molecule has 0 amide bonds. The highest BCUT2D eigenvalue weighted by molar-refractivity contribution is 7.99. The Labute approximate surface area is 171 Å². The van der Waals surface area contributed by atoms with E-state index in [1.165, 1.54) is 6.33 Å². The summed E-state index contributed by atoms with van der Waals surface area (Å²) in [5.41, 5.74) is 12.5. The van der Waals surface area contributed by atoms with E-state index in [0.717, 1.165) is 0 Å². The maximum Gasteiger partial charge on any atom is 0.320 e. The van der Waals surface area contributed by atoms with Crippen molar-refractivity contribution >= 4 is 34.7 Å². The second kappa shape index (κ2) is 7.69. The first-order valence-electron chi connectivity index (χ1n) is 9.27. The third-order valence-electron chi connectivity index (χ3n) is 4.96. The number of nitrogens with zero attached hydrogens (tertiary/aromatic N) is 4. The number of anilines is 1. The third kappa shape index (κ3) is 3.90. The standard InChI is InChI=1S/C17H24N6O5S/c1-17(2)27-11-9(5-29-4-3-8(18)16(24)25)26-15(12(11)28-17)23-7-22-10-13(19)20-6-21-14(10)23/h6-9,11-12,15H,3-5,18H2,1-2H3,(H,24,25)(H2,19,20,21)/t8-,9-,11-,12-,15-/m1/s1. The number of hydrogen-bond donors (Lipinski definition) is 3. The molecule has 2 saturated heterocycles. The molecule has 0 aromatic carbocycles. The van der Waals surface area contributed by atoms with E-state index in [1.807, 2.05) is 13.8 Å². The largest absolute Gasteiger partial charge is 0.480 e. The molecule has 2 aliphatic heterocycles. The number of aromatic nitrogens is 4. The van der Waals surface area contributed by atoms with Crippen LogP contribution in [0.5, 0.6) is 0 Å². The summed E-state index contributed by atoms with van der Waals surface area (Å²) in [6.07, 6.45) is 2.06. The van der Waals surface area contributed by atoms with Crippen molar-refractivity contribution in [1.29, 1.82) is 0 Å². The van der Waals surface area contributed by atoms with E-state index in [1.54, 1.807) is 22.7 Å². The minimum Gasteiger partial charge on any atom is -0.480 e. The molecule has 0 bridgehead atoms. The van der Waals surface area contributed by atoms with Gasteiger partial charge in [0, 0.05) is 5.75 Å². The smallest absolute Gasteiger partial charge is 0.320 e. The van der Waals surface area contributed by atoms with E-state index in [2.05, 4.69) is 15.0 Å². The predicted octanol–water partition coefficient (Wildman–Crippen LogP) is 0.361. The average molecular weight is 424 g/mol. The van der Waals surface area contributed by atoms with Crippen LogP contribution in [0.1, 0.15) is 26.5 Å². The lowest BCUT2D eigenvalue weighted by molar-refractivity contribution is -0.193. The van der Waals surface area contributed by atoms with E-state index in [-0.39, 0.29) is 18.3 Å². The van der Waals surface area contributed by atoms with Gasteiger partial charge in [-0.2, -0.15) is 11.8 Å². The van der Waals surface area contributed by atoms with Gasteiger partial charge >= 0.3 is 5.97 Å². The van der Waals surface area contributed by atoms with Gasteiger partial charge < -0.3 is 30.8 Å². The predicted molar refractivity (Wildman–Crippen MR) is 105 cm³/mol. The number of rotatable bonds is 7. The highest BCUT2D eigenvalue weighted by atomic mass is 32.2. The summed E-state index contributed by atoms with van der Waals surface area (Å²) in [5.74, 6) is -0.208. The molecular formula is C17H24N6O5S. The van der Waals surface area contributed by atoms with Crippen LogP contribution in [0.2, 0.25) is 0 Å². The summed E-state index contributed by atoms with van der Waals surface area (Å²) in [7, 11) is 0. The Balaban J connectivity index is 1.50. The molecule has 11 nitrogen and oxygen atoms in total. The van der Waals surface area contributed by atoms with Crippen LogP contribution >= 0.6 is 11.8 Å². The van der Waals surface area contributed by atoms with Crippen molar-refractivity contribution < 1.29 is 24.1 Å². The molecular weight excluding hydrogens is 400 g/mol. The van der Waals surface area contributed by atoms with Crippen LogP contribution in [0.25, 0.3) is 11.2 Å². The lowest BCUT2D eigenvalue weighted by atomic mass is 10.1. The van der Waals surface area contributed by atoms with Crippen molar-refractivity contribution in [3.05, 3.63) is 12.7 Å². The molecule has 2 aromatic rings. The molecule has 0 aliphatic carbocycles. The molecule has 5 atom stereocenters. The van der Waals surface area contributed by atoms with E-state index in [9.17, 15) is 4.79 Å². The summed E-state index contributed by atoms with van der Waals surface area (Å²) in [5, 5.41) is 8.90. The Morgan fingerprint density at radius 1 is 1.34 bits per heavy atom. The van der Waals surface area contributed by atoms with E-state index < -0.39 is 24.0 Å². The second-order valence-corrected chi connectivity index (χ2v) is 8.67. The fraction of sp³-hybridized carbons (Fsp3) is 0.647. The highest BCUT2D eigenvalue weighted by Gasteiger charge is 2.56. The normalized spacial score (nSPS) is 29.2. The molecule has 158 valence electrons. The summed E-state index contributed by atoms with van der Waals surface area (Å²) in [6, 6.07) is -0.861. The number of fused-ring (bicyclic) bond motifs is 2.